The smallest absolute Gasteiger partial charge is 0.380 e. The van der Waals surface area contributed by atoms with E-state index in [0.29, 0.717) is 36.9 Å². The number of piperazine rings is 1. The van der Waals surface area contributed by atoms with Crippen molar-refractivity contribution in [2.24, 2.45) is 0 Å². The van der Waals surface area contributed by atoms with Crippen molar-refractivity contribution in [2.45, 2.75) is 51.4 Å². The van der Waals surface area contributed by atoms with Gasteiger partial charge in [-0.2, -0.15) is 13.2 Å². The number of halogens is 6. The van der Waals surface area contributed by atoms with Gasteiger partial charge in [0.25, 0.3) is 11.8 Å². The Balaban J connectivity index is 1.70. The number of alkyl halides is 3. The molecule has 1 heterocycles. The molecule has 7 nitrogen and oxygen atoms in total. The van der Waals surface area contributed by atoms with Crippen LogP contribution in [0.1, 0.15) is 49.0 Å². The summed E-state index contributed by atoms with van der Waals surface area (Å²) in [6.07, 6.45) is -4.85. The van der Waals surface area contributed by atoms with Gasteiger partial charge in [0.05, 0.1) is 23.4 Å². The average molecular weight is 591 g/mol. The van der Waals surface area contributed by atoms with Gasteiger partial charge in [0.1, 0.15) is 5.60 Å². The second-order valence-electron chi connectivity index (χ2n) is 9.63. The monoisotopic (exact) mass is 590 g/mol. The number of amides is 2. The van der Waals surface area contributed by atoms with Crippen LogP contribution in [0, 0.1) is 11.6 Å². The average Bonchev–Trinajstić information content (AvgIpc) is 2.92. The number of anilines is 2. The summed E-state index contributed by atoms with van der Waals surface area (Å²) < 4.78 is 67.4. The lowest BCUT2D eigenvalue weighted by Gasteiger charge is -2.37. The third kappa shape index (κ3) is 7.82. The van der Waals surface area contributed by atoms with Crippen LogP contribution in [-0.2, 0) is 11.3 Å². The summed E-state index contributed by atoms with van der Waals surface area (Å²) in [7, 11) is 0. The van der Waals surface area contributed by atoms with Crippen LogP contribution in [0.3, 0.4) is 0 Å². The molecular weight excluding hydrogens is 559 g/mol. The van der Waals surface area contributed by atoms with Gasteiger partial charge >= 0.3 is 6.18 Å². The molecule has 2 amide bonds. The van der Waals surface area contributed by atoms with Crippen molar-refractivity contribution < 1.29 is 36.6 Å². The van der Waals surface area contributed by atoms with Gasteiger partial charge in [-0.1, -0.05) is 31.5 Å². The molecule has 40 heavy (non-hydrogen) atoms. The minimum atomic E-state index is -4.24. The van der Waals surface area contributed by atoms with Gasteiger partial charge in [-0.3, -0.25) is 14.5 Å². The summed E-state index contributed by atoms with van der Waals surface area (Å²) >= 11 is 6.15. The fourth-order valence-corrected chi connectivity index (χ4v) is 4.54. The molecule has 0 unspecified atom stereocenters. The fraction of sp³-hybridized carbons (Fsp3) is 0.481. The Morgan fingerprint density at radius 3 is 2.25 bits per heavy atom. The largest absolute Gasteiger partial charge is 0.390 e. The van der Waals surface area contributed by atoms with Gasteiger partial charge in [-0.15, -0.1) is 0 Å². The Morgan fingerprint density at radius 1 is 1.00 bits per heavy atom. The molecule has 0 spiro atoms. The van der Waals surface area contributed by atoms with E-state index in [1.165, 1.54) is 18.2 Å². The fourth-order valence-electron chi connectivity index (χ4n) is 4.37. The molecule has 2 aromatic carbocycles. The predicted molar refractivity (Wildman–Crippen MR) is 142 cm³/mol. The summed E-state index contributed by atoms with van der Waals surface area (Å²) in [5.41, 5.74) is -1.62. The lowest BCUT2D eigenvalue weighted by atomic mass is 9.96. The van der Waals surface area contributed by atoms with Crippen LogP contribution in [0.15, 0.2) is 30.3 Å². The van der Waals surface area contributed by atoms with Crippen LogP contribution < -0.4 is 15.5 Å². The van der Waals surface area contributed by atoms with E-state index in [2.05, 4.69) is 10.6 Å². The molecule has 13 heteroatoms. The molecule has 1 fully saturated rings. The van der Waals surface area contributed by atoms with Gasteiger partial charge in [0.15, 0.2) is 11.6 Å². The maximum absolute atomic E-state index is 14.9. The molecule has 2 aromatic rings. The van der Waals surface area contributed by atoms with Crippen molar-refractivity contribution in [3.63, 3.8) is 0 Å². The van der Waals surface area contributed by atoms with E-state index in [1.807, 2.05) is 4.90 Å². The van der Waals surface area contributed by atoms with Gasteiger partial charge in [0.2, 0.25) is 0 Å². The van der Waals surface area contributed by atoms with Crippen molar-refractivity contribution in [3.8, 4) is 0 Å². The number of benzene rings is 2. The molecule has 1 aliphatic rings. The summed E-state index contributed by atoms with van der Waals surface area (Å²) in [6.45, 7) is 4.22. The molecule has 0 bridgehead atoms. The Morgan fingerprint density at radius 2 is 1.65 bits per heavy atom. The van der Waals surface area contributed by atoms with Crippen LogP contribution >= 0.6 is 11.6 Å². The van der Waals surface area contributed by atoms with E-state index in [1.54, 1.807) is 24.8 Å². The molecule has 1 saturated heterocycles. The summed E-state index contributed by atoms with van der Waals surface area (Å²) in [5, 5.41) is 15.6. The molecule has 1 aliphatic heterocycles. The highest BCUT2D eigenvalue weighted by atomic mass is 35.5. The van der Waals surface area contributed by atoms with Crippen LogP contribution in [0.2, 0.25) is 5.02 Å². The van der Waals surface area contributed by atoms with Crippen LogP contribution in [0.25, 0.3) is 0 Å². The number of carbonyl (C=O) groups is 2. The SMILES string of the molecule is CCC(O)(CC)C(=O)NCc1ccc(C(=O)Nc2ccc(Cl)cc2N2CCN(CCC(F)(F)F)CC2)c(F)c1F. The molecule has 0 aromatic heterocycles. The molecule has 3 N–H and O–H groups in total. The molecule has 220 valence electrons. The van der Waals surface area contributed by atoms with Crippen molar-refractivity contribution in [1.82, 2.24) is 10.2 Å². The van der Waals surface area contributed by atoms with Gasteiger partial charge in [-0.25, -0.2) is 8.78 Å². The van der Waals surface area contributed by atoms with Crippen LogP contribution in [-0.4, -0.2) is 66.3 Å². The summed E-state index contributed by atoms with van der Waals surface area (Å²) in [5.74, 6) is -4.35. The quantitative estimate of drug-likeness (QED) is 0.335. The van der Waals surface area contributed by atoms with Crippen molar-refractivity contribution in [1.29, 1.82) is 0 Å². The lowest BCUT2D eigenvalue weighted by molar-refractivity contribution is -0.140. The number of hydrogen-bond donors (Lipinski definition) is 3. The van der Waals surface area contributed by atoms with E-state index >= 15 is 0 Å². The second-order valence-corrected chi connectivity index (χ2v) is 10.1. The Bertz CT molecular complexity index is 1220. The van der Waals surface area contributed by atoms with Crippen LogP contribution in [0.4, 0.5) is 33.3 Å². The number of nitrogens with one attached hydrogen (secondary N) is 2. The van der Waals surface area contributed by atoms with E-state index in [0.717, 1.165) is 6.07 Å². The molecule has 0 radical (unpaired) electrons. The normalized spacial score (nSPS) is 14.8. The summed E-state index contributed by atoms with van der Waals surface area (Å²) in [4.78, 5) is 28.7. The minimum Gasteiger partial charge on any atom is -0.380 e. The van der Waals surface area contributed by atoms with Crippen molar-refractivity contribution in [2.75, 3.05) is 42.9 Å². The lowest BCUT2D eigenvalue weighted by Crippen LogP contribution is -2.47. The zero-order valence-corrected chi connectivity index (χ0v) is 22.9. The Labute approximate surface area is 234 Å². The molecular formula is C27H32ClF5N4O3. The van der Waals surface area contributed by atoms with E-state index in [4.69, 9.17) is 11.6 Å². The molecule has 0 aliphatic carbocycles. The third-order valence-corrected chi connectivity index (χ3v) is 7.31. The highest BCUT2D eigenvalue weighted by Gasteiger charge is 2.32. The standard InChI is InChI=1S/C27H32ClF5N4O3/c1-3-26(40,4-2)25(39)34-16-17-5-7-19(23(30)22(17)29)24(38)35-20-8-6-18(28)15-21(20)37-13-11-36(12-14-37)10-9-27(31,32)33/h5-8,15,40H,3-4,9-14,16H2,1-2H3,(H,34,39)(H,35,38). The van der Waals surface area contributed by atoms with Gasteiger partial charge in [-0.05, 0) is 37.1 Å². The first-order valence-corrected chi connectivity index (χ1v) is 13.3. The number of carbonyl (C=O) groups excluding carboxylic acids is 2. The summed E-state index contributed by atoms with van der Waals surface area (Å²) in [6, 6.07) is 6.87. The maximum Gasteiger partial charge on any atom is 0.390 e. The molecule has 0 saturated carbocycles. The Hall–Kier alpha value is -2.96. The number of hydrogen-bond acceptors (Lipinski definition) is 5. The first kappa shape index (κ1) is 31.6. The number of rotatable bonds is 10. The third-order valence-electron chi connectivity index (χ3n) is 7.07. The zero-order chi connectivity index (χ0) is 29.7. The van der Waals surface area contributed by atoms with Gasteiger partial charge < -0.3 is 20.6 Å². The Kier molecular flexibility index (Phi) is 10.4. The van der Waals surface area contributed by atoms with E-state index in [-0.39, 0.29) is 37.2 Å². The van der Waals surface area contributed by atoms with Gasteiger partial charge in [0, 0.05) is 49.9 Å². The van der Waals surface area contributed by atoms with Crippen molar-refractivity contribution in [3.05, 3.63) is 58.1 Å². The van der Waals surface area contributed by atoms with Crippen molar-refractivity contribution >= 4 is 34.8 Å². The molecule has 0 atom stereocenters. The molecule has 3 rings (SSSR count). The first-order chi connectivity index (χ1) is 18.8. The van der Waals surface area contributed by atoms with E-state index < -0.39 is 47.2 Å². The number of nitrogens with zero attached hydrogens (tertiary/aromatic N) is 2. The highest BCUT2D eigenvalue weighted by molar-refractivity contribution is 6.31. The highest BCUT2D eigenvalue weighted by Crippen LogP contribution is 2.31. The topological polar surface area (TPSA) is 84.9 Å². The first-order valence-electron chi connectivity index (χ1n) is 12.9. The minimum absolute atomic E-state index is 0.112. The second kappa shape index (κ2) is 13.1. The number of aliphatic hydroxyl groups is 1. The maximum atomic E-state index is 14.9. The van der Waals surface area contributed by atoms with E-state index in [9.17, 15) is 36.6 Å². The van der Waals surface area contributed by atoms with Crippen LogP contribution in [0.5, 0.6) is 0 Å². The zero-order valence-electron chi connectivity index (χ0n) is 22.2. The predicted octanol–water partition coefficient (Wildman–Crippen LogP) is 5.11.